The molecule has 0 aliphatic carbocycles. The molecule has 0 spiro atoms. The largest absolute Gasteiger partial charge is 0.465 e. The van der Waals surface area contributed by atoms with E-state index in [9.17, 15) is 14.4 Å². The normalized spacial score (nSPS) is 11.2. The van der Waals surface area contributed by atoms with Gasteiger partial charge < -0.3 is 19.2 Å². The molecule has 0 aliphatic rings. The highest BCUT2D eigenvalue weighted by Crippen LogP contribution is 2.21. The molecule has 0 atom stereocenters. The first-order valence-corrected chi connectivity index (χ1v) is 7.31. The number of alkyl carbamates (subject to hydrolysis) is 1. The van der Waals surface area contributed by atoms with Crippen molar-refractivity contribution in [1.82, 2.24) is 5.32 Å². The van der Waals surface area contributed by atoms with Crippen molar-refractivity contribution < 1.29 is 28.3 Å². The van der Waals surface area contributed by atoms with Gasteiger partial charge in [-0.3, -0.25) is 4.79 Å². The lowest BCUT2D eigenvalue weighted by Gasteiger charge is -2.19. The van der Waals surface area contributed by atoms with E-state index in [-0.39, 0.29) is 12.3 Å². The van der Waals surface area contributed by atoms with E-state index in [4.69, 9.17) is 9.15 Å². The summed E-state index contributed by atoms with van der Waals surface area (Å²) in [7, 11) is 1.29. The number of benzene rings is 1. The van der Waals surface area contributed by atoms with Gasteiger partial charge in [-0.15, -0.1) is 0 Å². The van der Waals surface area contributed by atoms with Gasteiger partial charge in [0.05, 0.1) is 19.2 Å². The third-order valence-corrected chi connectivity index (χ3v) is 3.00. The number of fused-ring (bicyclic) bond motifs is 1. The van der Waals surface area contributed by atoms with Crippen LogP contribution in [0.2, 0.25) is 0 Å². The first kappa shape index (κ1) is 17.5. The molecule has 2 aromatic rings. The summed E-state index contributed by atoms with van der Waals surface area (Å²) < 4.78 is 15.1. The van der Waals surface area contributed by atoms with Crippen molar-refractivity contribution in [1.29, 1.82) is 0 Å². The summed E-state index contributed by atoms with van der Waals surface area (Å²) in [6.45, 7) is 4.93. The van der Waals surface area contributed by atoms with Crippen molar-refractivity contribution in [3.63, 3.8) is 0 Å². The molecule has 0 aliphatic heterocycles. The molecule has 0 radical (unpaired) electrons. The van der Waals surface area contributed by atoms with Crippen LogP contribution in [-0.2, 0) is 9.47 Å². The first-order chi connectivity index (χ1) is 11.2. The number of ether oxygens (including phenoxy) is 2. The van der Waals surface area contributed by atoms with Crippen LogP contribution in [0.15, 0.2) is 28.7 Å². The van der Waals surface area contributed by atoms with E-state index in [0.29, 0.717) is 16.5 Å². The average molecular weight is 333 g/mol. The quantitative estimate of drug-likeness (QED) is 0.683. The standard InChI is InChI=1S/C17H19NO6/c1-17(2,3)24-16(21)18-9-12(19)14-8-11-7-10(15(20)22-4)5-6-13(11)23-14/h5-8H,9H2,1-4H3,(H,18,21). The Morgan fingerprint density at radius 1 is 1.17 bits per heavy atom. The van der Waals surface area contributed by atoms with Gasteiger partial charge in [0.15, 0.2) is 5.76 Å². The Bertz CT molecular complexity index is 784. The Kier molecular flexibility index (Phi) is 4.92. The van der Waals surface area contributed by atoms with Gasteiger partial charge in [-0.2, -0.15) is 0 Å². The second kappa shape index (κ2) is 6.74. The zero-order valence-electron chi connectivity index (χ0n) is 14.0. The van der Waals surface area contributed by atoms with Gasteiger partial charge >= 0.3 is 12.1 Å². The van der Waals surface area contributed by atoms with E-state index in [1.54, 1.807) is 39.0 Å². The fourth-order valence-electron chi connectivity index (χ4n) is 1.98. The fourth-order valence-corrected chi connectivity index (χ4v) is 1.98. The van der Waals surface area contributed by atoms with Crippen LogP contribution in [0.25, 0.3) is 11.0 Å². The summed E-state index contributed by atoms with van der Waals surface area (Å²) in [5.74, 6) is -0.794. The first-order valence-electron chi connectivity index (χ1n) is 7.31. The molecule has 0 saturated heterocycles. The number of hydrogen-bond donors (Lipinski definition) is 1. The van der Waals surface area contributed by atoms with E-state index in [2.05, 4.69) is 10.1 Å². The second-order valence-corrected chi connectivity index (χ2v) is 6.13. The van der Waals surface area contributed by atoms with Crippen LogP contribution in [0.3, 0.4) is 0 Å². The maximum absolute atomic E-state index is 12.1. The van der Waals surface area contributed by atoms with Gasteiger partial charge in [-0.05, 0) is 45.0 Å². The van der Waals surface area contributed by atoms with Crippen LogP contribution >= 0.6 is 0 Å². The molecule has 24 heavy (non-hydrogen) atoms. The summed E-state index contributed by atoms with van der Waals surface area (Å²) >= 11 is 0. The predicted molar refractivity (Wildman–Crippen MR) is 86.1 cm³/mol. The van der Waals surface area contributed by atoms with Gasteiger partial charge in [0, 0.05) is 5.39 Å². The Morgan fingerprint density at radius 2 is 1.88 bits per heavy atom. The summed E-state index contributed by atoms with van der Waals surface area (Å²) in [6.07, 6.45) is -0.681. The molecular weight excluding hydrogens is 314 g/mol. The Labute approximate surface area is 138 Å². The van der Waals surface area contributed by atoms with E-state index < -0.39 is 23.4 Å². The summed E-state index contributed by atoms with van der Waals surface area (Å²) in [4.78, 5) is 35.2. The number of rotatable bonds is 4. The van der Waals surface area contributed by atoms with Crippen molar-refractivity contribution in [2.45, 2.75) is 26.4 Å². The average Bonchev–Trinajstić information content (AvgIpc) is 2.93. The molecule has 1 heterocycles. The van der Waals surface area contributed by atoms with Crippen LogP contribution in [-0.4, -0.2) is 37.1 Å². The Hall–Kier alpha value is -2.83. The lowest BCUT2D eigenvalue weighted by Crippen LogP contribution is -2.35. The minimum Gasteiger partial charge on any atom is -0.465 e. The molecule has 128 valence electrons. The molecule has 7 nitrogen and oxygen atoms in total. The molecule has 0 bridgehead atoms. The molecule has 1 aromatic heterocycles. The van der Waals surface area contributed by atoms with Crippen molar-refractivity contribution in [3.8, 4) is 0 Å². The van der Waals surface area contributed by atoms with Crippen LogP contribution in [0.5, 0.6) is 0 Å². The Morgan fingerprint density at radius 3 is 2.50 bits per heavy atom. The zero-order chi connectivity index (χ0) is 17.9. The molecule has 1 N–H and O–H groups in total. The van der Waals surface area contributed by atoms with Gasteiger partial charge in [0.2, 0.25) is 5.78 Å². The number of furan rings is 1. The maximum Gasteiger partial charge on any atom is 0.408 e. The summed E-state index contributed by atoms with van der Waals surface area (Å²) in [5.41, 5.74) is 0.177. The third-order valence-electron chi connectivity index (χ3n) is 3.00. The monoisotopic (exact) mass is 333 g/mol. The lowest BCUT2D eigenvalue weighted by atomic mass is 10.1. The lowest BCUT2D eigenvalue weighted by molar-refractivity contribution is 0.0518. The van der Waals surface area contributed by atoms with Crippen molar-refractivity contribution in [2.24, 2.45) is 0 Å². The fraction of sp³-hybridized carbons (Fsp3) is 0.353. The number of nitrogens with one attached hydrogen (secondary N) is 1. The minimum absolute atomic E-state index is 0.0862. The number of methoxy groups -OCH3 is 1. The zero-order valence-corrected chi connectivity index (χ0v) is 14.0. The van der Waals surface area contributed by atoms with Crippen molar-refractivity contribution >= 4 is 28.8 Å². The summed E-state index contributed by atoms with van der Waals surface area (Å²) in [6, 6.07) is 6.22. The highest BCUT2D eigenvalue weighted by atomic mass is 16.6. The molecule has 0 fully saturated rings. The number of Topliss-reactive ketones (excluding diaryl/α,β-unsaturated/α-hetero) is 1. The highest BCUT2D eigenvalue weighted by molar-refractivity contribution is 6.01. The molecule has 1 aromatic carbocycles. The minimum atomic E-state index is -0.681. The predicted octanol–water partition coefficient (Wildman–Crippen LogP) is 2.93. The topological polar surface area (TPSA) is 94.8 Å². The van der Waals surface area contributed by atoms with Gasteiger partial charge in [0.25, 0.3) is 0 Å². The number of hydrogen-bond acceptors (Lipinski definition) is 6. The van der Waals surface area contributed by atoms with Crippen molar-refractivity contribution in [2.75, 3.05) is 13.7 Å². The van der Waals surface area contributed by atoms with E-state index >= 15 is 0 Å². The van der Waals surface area contributed by atoms with Crippen LogP contribution in [0.1, 0.15) is 41.7 Å². The number of esters is 1. The maximum atomic E-state index is 12.1. The van der Waals surface area contributed by atoms with Gasteiger partial charge in [-0.1, -0.05) is 0 Å². The number of carbonyl (C=O) groups excluding carboxylic acids is 3. The van der Waals surface area contributed by atoms with Gasteiger partial charge in [0.1, 0.15) is 11.2 Å². The number of carbonyl (C=O) groups is 3. The summed E-state index contributed by atoms with van der Waals surface area (Å²) in [5, 5.41) is 2.97. The van der Waals surface area contributed by atoms with Crippen LogP contribution < -0.4 is 5.32 Å². The molecular formula is C17H19NO6. The second-order valence-electron chi connectivity index (χ2n) is 6.13. The molecule has 0 unspecified atom stereocenters. The molecule has 7 heteroatoms. The van der Waals surface area contributed by atoms with Crippen LogP contribution in [0.4, 0.5) is 4.79 Å². The van der Waals surface area contributed by atoms with E-state index in [1.165, 1.54) is 13.2 Å². The molecule has 0 saturated carbocycles. The highest BCUT2D eigenvalue weighted by Gasteiger charge is 2.19. The van der Waals surface area contributed by atoms with E-state index in [0.717, 1.165) is 0 Å². The smallest absolute Gasteiger partial charge is 0.408 e. The van der Waals surface area contributed by atoms with Gasteiger partial charge in [-0.25, -0.2) is 9.59 Å². The van der Waals surface area contributed by atoms with Crippen molar-refractivity contribution in [3.05, 3.63) is 35.6 Å². The van der Waals surface area contributed by atoms with Crippen LogP contribution in [0, 0.1) is 0 Å². The molecule has 2 rings (SSSR count). The SMILES string of the molecule is COC(=O)c1ccc2oc(C(=O)CNC(=O)OC(C)(C)C)cc2c1. The van der Waals surface area contributed by atoms with E-state index in [1.807, 2.05) is 0 Å². The Balaban J connectivity index is 2.07. The number of amides is 1. The third kappa shape index (κ3) is 4.34. The number of ketones is 1. The molecule has 1 amide bonds.